The van der Waals surface area contributed by atoms with Crippen LogP contribution in [0.1, 0.15) is 11.6 Å². The first-order valence-corrected chi connectivity index (χ1v) is 11.3. The third-order valence-corrected chi connectivity index (χ3v) is 5.79. The molecule has 2 aromatic rings. The quantitative estimate of drug-likeness (QED) is 0.801. The van der Waals surface area contributed by atoms with Crippen LogP contribution in [0.5, 0.6) is 5.75 Å². The number of nitrogens with one attached hydrogen (secondary N) is 1. The standard InChI is InChI=1S/C18H22F2N2O2Si/c1-24-13-7-5-11(6-8-13)16(21)18(23)22-12-9-14(19)17(15(20)10-12)25(2,3)4/h5-10,16H,21H2,1-4H3,(H,22,23)/t16-/m1/s1. The summed E-state index contributed by atoms with van der Waals surface area (Å²) in [6.07, 6.45) is 0. The first kappa shape index (κ1) is 19.1. The molecule has 0 spiro atoms. The molecule has 1 amide bonds. The zero-order valence-corrected chi connectivity index (χ0v) is 15.7. The SMILES string of the molecule is COc1ccc([C@@H](N)C(=O)Nc2cc(F)c([Si](C)(C)C)c(F)c2)cc1. The Morgan fingerprint density at radius 1 is 1.12 bits per heavy atom. The number of hydrogen-bond donors (Lipinski definition) is 2. The number of hydrogen-bond acceptors (Lipinski definition) is 3. The molecule has 3 N–H and O–H groups in total. The molecule has 0 aromatic heterocycles. The number of carbonyl (C=O) groups is 1. The molecule has 0 aliphatic rings. The van der Waals surface area contributed by atoms with Crippen molar-refractivity contribution >= 4 is 24.9 Å². The summed E-state index contributed by atoms with van der Waals surface area (Å²) in [6.45, 7) is 5.56. The van der Waals surface area contributed by atoms with E-state index in [0.29, 0.717) is 11.3 Å². The average molecular weight is 364 g/mol. The van der Waals surface area contributed by atoms with E-state index >= 15 is 0 Å². The summed E-state index contributed by atoms with van der Waals surface area (Å²) in [5.74, 6) is -1.20. The average Bonchev–Trinajstić information content (AvgIpc) is 2.52. The van der Waals surface area contributed by atoms with Crippen molar-refractivity contribution in [3.8, 4) is 5.75 Å². The maximum Gasteiger partial charge on any atom is 0.245 e. The monoisotopic (exact) mass is 364 g/mol. The zero-order valence-electron chi connectivity index (χ0n) is 14.7. The molecule has 0 unspecified atom stereocenters. The Morgan fingerprint density at radius 3 is 2.08 bits per heavy atom. The topological polar surface area (TPSA) is 64.3 Å². The van der Waals surface area contributed by atoms with Crippen molar-refractivity contribution in [2.75, 3.05) is 12.4 Å². The van der Waals surface area contributed by atoms with Gasteiger partial charge in [0.2, 0.25) is 5.91 Å². The molecule has 2 aromatic carbocycles. The lowest BCUT2D eigenvalue weighted by molar-refractivity contribution is -0.117. The smallest absolute Gasteiger partial charge is 0.245 e. The van der Waals surface area contributed by atoms with E-state index in [-0.39, 0.29) is 10.9 Å². The highest BCUT2D eigenvalue weighted by Crippen LogP contribution is 2.20. The van der Waals surface area contributed by atoms with E-state index in [1.54, 1.807) is 24.3 Å². The van der Waals surface area contributed by atoms with Crippen LogP contribution in [0.4, 0.5) is 14.5 Å². The van der Waals surface area contributed by atoms with Gasteiger partial charge in [-0.15, -0.1) is 0 Å². The Hall–Kier alpha value is -2.25. The molecule has 0 saturated carbocycles. The van der Waals surface area contributed by atoms with Crippen molar-refractivity contribution in [3.05, 3.63) is 53.6 Å². The van der Waals surface area contributed by atoms with E-state index in [1.165, 1.54) is 7.11 Å². The van der Waals surface area contributed by atoms with Gasteiger partial charge in [0.05, 0.1) is 15.2 Å². The number of methoxy groups -OCH3 is 1. The lowest BCUT2D eigenvalue weighted by Gasteiger charge is -2.20. The number of amides is 1. The van der Waals surface area contributed by atoms with E-state index in [1.807, 2.05) is 19.6 Å². The Bertz CT molecular complexity index is 751. The number of benzene rings is 2. The van der Waals surface area contributed by atoms with Crippen molar-refractivity contribution in [1.29, 1.82) is 0 Å². The molecule has 0 bridgehead atoms. The van der Waals surface area contributed by atoms with Crippen molar-refractivity contribution in [3.63, 3.8) is 0 Å². The predicted octanol–water partition coefficient (Wildman–Crippen LogP) is 3.16. The fourth-order valence-electron chi connectivity index (χ4n) is 2.54. The highest BCUT2D eigenvalue weighted by atomic mass is 28.3. The van der Waals surface area contributed by atoms with Gasteiger partial charge in [0, 0.05) is 10.9 Å². The summed E-state index contributed by atoms with van der Waals surface area (Å²) in [4.78, 5) is 12.3. The third-order valence-electron chi connectivity index (χ3n) is 3.82. The highest BCUT2D eigenvalue weighted by Gasteiger charge is 2.26. The predicted molar refractivity (Wildman–Crippen MR) is 97.9 cm³/mol. The molecule has 2 rings (SSSR count). The number of ether oxygens (including phenoxy) is 1. The first-order chi connectivity index (χ1) is 11.6. The molecular weight excluding hydrogens is 342 g/mol. The van der Waals surface area contributed by atoms with Crippen molar-refractivity contribution in [1.82, 2.24) is 0 Å². The second-order valence-corrected chi connectivity index (χ2v) is 11.8. The van der Waals surface area contributed by atoms with Crippen LogP contribution in [0.25, 0.3) is 0 Å². The minimum Gasteiger partial charge on any atom is -0.497 e. The van der Waals surface area contributed by atoms with Gasteiger partial charge in [0.15, 0.2) is 0 Å². The van der Waals surface area contributed by atoms with Crippen LogP contribution >= 0.6 is 0 Å². The molecule has 1 atom stereocenters. The Morgan fingerprint density at radius 2 is 1.64 bits per heavy atom. The molecule has 4 nitrogen and oxygen atoms in total. The van der Waals surface area contributed by atoms with E-state index in [2.05, 4.69) is 5.32 Å². The summed E-state index contributed by atoms with van der Waals surface area (Å²) in [5, 5.41) is 2.59. The molecule has 134 valence electrons. The lowest BCUT2D eigenvalue weighted by Crippen LogP contribution is -2.42. The van der Waals surface area contributed by atoms with Gasteiger partial charge in [0.1, 0.15) is 23.4 Å². The van der Waals surface area contributed by atoms with E-state index < -0.39 is 31.7 Å². The third kappa shape index (κ3) is 4.43. The normalized spacial score (nSPS) is 12.6. The maximum absolute atomic E-state index is 14.3. The fourth-order valence-corrected chi connectivity index (χ4v) is 4.12. The minimum atomic E-state index is -2.17. The van der Waals surface area contributed by atoms with Gasteiger partial charge in [-0.3, -0.25) is 4.79 Å². The van der Waals surface area contributed by atoms with Crippen LogP contribution in [-0.4, -0.2) is 21.1 Å². The van der Waals surface area contributed by atoms with Gasteiger partial charge in [-0.05, 0) is 29.8 Å². The van der Waals surface area contributed by atoms with Gasteiger partial charge in [0.25, 0.3) is 0 Å². The van der Waals surface area contributed by atoms with E-state index in [9.17, 15) is 13.6 Å². The molecule has 0 heterocycles. The number of rotatable bonds is 5. The zero-order chi connectivity index (χ0) is 18.8. The Balaban J connectivity index is 2.19. The van der Waals surface area contributed by atoms with Gasteiger partial charge < -0.3 is 15.8 Å². The minimum absolute atomic E-state index is 0.0472. The summed E-state index contributed by atoms with van der Waals surface area (Å²) < 4.78 is 33.6. The number of halogens is 2. The number of nitrogens with two attached hydrogens (primary N) is 1. The fraction of sp³-hybridized carbons (Fsp3) is 0.278. The second-order valence-electron chi connectivity index (χ2n) is 6.80. The summed E-state index contributed by atoms with van der Waals surface area (Å²) in [6, 6.07) is 8.00. The lowest BCUT2D eigenvalue weighted by atomic mass is 10.1. The maximum atomic E-state index is 14.3. The molecule has 0 aliphatic carbocycles. The molecular formula is C18H22F2N2O2Si. The Labute approximate surface area is 147 Å². The molecule has 25 heavy (non-hydrogen) atoms. The summed E-state index contributed by atoms with van der Waals surface area (Å²) >= 11 is 0. The summed E-state index contributed by atoms with van der Waals surface area (Å²) in [5.41, 5.74) is 6.53. The van der Waals surface area contributed by atoms with Crippen LogP contribution in [0, 0.1) is 11.6 Å². The van der Waals surface area contributed by atoms with Crippen molar-refractivity contribution < 1.29 is 18.3 Å². The summed E-state index contributed by atoms with van der Waals surface area (Å²) in [7, 11) is -0.632. The molecule has 0 saturated heterocycles. The van der Waals surface area contributed by atoms with Crippen LogP contribution in [0.3, 0.4) is 0 Å². The largest absolute Gasteiger partial charge is 0.497 e. The van der Waals surface area contributed by atoms with E-state index in [0.717, 1.165) is 12.1 Å². The molecule has 7 heteroatoms. The highest BCUT2D eigenvalue weighted by molar-refractivity contribution is 6.88. The second kappa shape index (κ2) is 7.33. The van der Waals surface area contributed by atoms with Gasteiger partial charge in [-0.25, -0.2) is 8.78 Å². The van der Waals surface area contributed by atoms with E-state index in [4.69, 9.17) is 10.5 Å². The van der Waals surface area contributed by atoms with Crippen LogP contribution < -0.4 is 21.0 Å². The molecule has 0 fully saturated rings. The van der Waals surface area contributed by atoms with Gasteiger partial charge in [-0.2, -0.15) is 0 Å². The van der Waals surface area contributed by atoms with Gasteiger partial charge in [-0.1, -0.05) is 31.8 Å². The molecule has 0 aliphatic heterocycles. The number of anilines is 1. The number of carbonyl (C=O) groups excluding carboxylic acids is 1. The van der Waals surface area contributed by atoms with Crippen LogP contribution in [0.2, 0.25) is 19.6 Å². The first-order valence-electron chi connectivity index (χ1n) is 7.83. The molecule has 0 radical (unpaired) electrons. The Kier molecular flexibility index (Phi) is 5.59. The van der Waals surface area contributed by atoms with Crippen molar-refractivity contribution in [2.24, 2.45) is 5.73 Å². The van der Waals surface area contributed by atoms with Crippen molar-refractivity contribution in [2.45, 2.75) is 25.7 Å². The van der Waals surface area contributed by atoms with Crippen LogP contribution in [0.15, 0.2) is 36.4 Å². The van der Waals surface area contributed by atoms with Gasteiger partial charge >= 0.3 is 0 Å². The van der Waals surface area contributed by atoms with Crippen LogP contribution in [-0.2, 0) is 4.79 Å².